The zero-order chi connectivity index (χ0) is 18.7. The van der Waals surface area contributed by atoms with Crippen molar-refractivity contribution in [3.63, 3.8) is 0 Å². The van der Waals surface area contributed by atoms with Crippen LogP contribution < -0.4 is 10.1 Å². The fourth-order valence-electron chi connectivity index (χ4n) is 2.82. The number of nitrogens with zero attached hydrogens (tertiary/aromatic N) is 3. The molecule has 1 fully saturated rings. The molecule has 6 nitrogen and oxygen atoms in total. The topological polar surface area (TPSA) is 60.5 Å². The fourth-order valence-corrected chi connectivity index (χ4v) is 2.82. The molecule has 1 amide bonds. The zero-order valence-corrected chi connectivity index (χ0v) is 14.2. The molecule has 0 bridgehead atoms. The first kappa shape index (κ1) is 17.9. The Kier molecular flexibility index (Phi) is 4.89. The highest BCUT2D eigenvalue weighted by molar-refractivity contribution is 5.78. The molecular weight excluding hydrogens is 342 g/mol. The maximum Gasteiger partial charge on any atom is 0.329 e. The van der Waals surface area contributed by atoms with Crippen molar-refractivity contribution in [2.45, 2.75) is 44.6 Å². The second-order valence-corrected chi connectivity index (χ2v) is 6.32. The summed E-state index contributed by atoms with van der Waals surface area (Å²) in [5.41, 5.74) is 1.06. The molecule has 1 N–H and O–H groups in total. The highest BCUT2D eigenvalue weighted by Crippen LogP contribution is 2.33. The monoisotopic (exact) mass is 360 g/mol. The van der Waals surface area contributed by atoms with Crippen LogP contribution in [0.5, 0.6) is 11.8 Å². The SMILES string of the molecule is [C-]#[N+]c1ccc(Oc2nc(C)cn2C(=O)NC2CCC(F)(F)CC2)cc1. The number of amides is 1. The van der Waals surface area contributed by atoms with E-state index in [1.165, 1.54) is 10.8 Å². The second kappa shape index (κ2) is 7.12. The molecule has 0 unspecified atom stereocenters. The number of benzene rings is 1. The van der Waals surface area contributed by atoms with Crippen LogP contribution in [0.2, 0.25) is 0 Å². The number of rotatable bonds is 3. The minimum Gasteiger partial charge on any atom is -0.425 e. The minimum absolute atomic E-state index is 0.0803. The number of carbonyl (C=O) groups excluding carboxylic acids is 1. The first-order chi connectivity index (χ1) is 12.4. The van der Waals surface area contributed by atoms with Gasteiger partial charge < -0.3 is 10.1 Å². The molecule has 2 aromatic rings. The molecule has 0 radical (unpaired) electrons. The summed E-state index contributed by atoms with van der Waals surface area (Å²) in [4.78, 5) is 20.0. The normalized spacial score (nSPS) is 16.7. The van der Waals surface area contributed by atoms with E-state index >= 15 is 0 Å². The first-order valence-corrected chi connectivity index (χ1v) is 8.26. The molecule has 1 heterocycles. The highest BCUT2D eigenvalue weighted by atomic mass is 19.3. The Labute approximate surface area is 149 Å². The summed E-state index contributed by atoms with van der Waals surface area (Å²) in [6, 6.07) is 5.75. The van der Waals surface area contributed by atoms with Crippen LogP contribution in [0.25, 0.3) is 4.85 Å². The Morgan fingerprint density at radius 1 is 1.35 bits per heavy atom. The second-order valence-electron chi connectivity index (χ2n) is 6.32. The maximum atomic E-state index is 13.2. The van der Waals surface area contributed by atoms with Crippen molar-refractivity contribution in [3.05, 3.63) is 47.6 Å². The molecule has 0 spiro atoms. The summed E-state index contributed by atoms with van der Waals surface area (Å²) in [6.07, 6.45) is 1.55. The number of imidazole rings is 1. The molecule has 1 saturated carbocycles. The Hall–Kier alpha value is -2.95. The Morgan fingerprint density at radius 2 is 2.00 bits per heavy atom. The van der Waals surface area contributed by atoms with Gasteiger partial charge in [0.25, 0.3) is 0 Å². The standard InChI is InChI=1S/C18H18F2N4O2/c1-12-11-24(16(25)23-14-7-9-18(19,20)10-8-14)17(22-12)26-15-5-3-13(21-2)4-6-15/h3-6,11,14H,7-10H2,1H3,(H,23,25). The van der Waals surface area contributed by atoms with Crippen molar-refractivity contribution in [3.8, 4) is 11.8 Å². The van der Waals surface area contributed by atoms with Crippen molar-refractivity contribution in [1.29, 1.82) is 0 Å². The predicted octanol–water partition coefficient (Wildman–Crippen LogP) is 4.67. The molecule has 1 aromatic heterocycles. The lowest BCUT2D eigenvalue weighted by Crippen LogP contribution is -2.42. The average molecular weight is 360 g/mol. The number of carbonyl (C=O) groups is 1. The maximum absolute atomic E-state index is 13.2. The summed E-state index contributed by atoms with van der Waals surface area (Å²) in [7, 11) is 0. The molecule has 0 aliphatic heterocycles. The average Bonchev–Trinajstić information content (AvgIpc) is 2.98. The quantitative estimate of drug-likeness (QED) is 0.809. The highest BCUT2D eigenvalue weighted by Gasteiger charge is 2.35. The Morgan fingerprint density at radius 3 is 2.62 bits per heavy atom. The Bertz CT molecular complexity index is 830. The number of halogens is 2. The van der Waals surface area contributed by atoms with Gasteiger partial charge in [-0.1, -0.05) is 12.1 Å². The van der Waals surface area contributed by atoms with Gasteiger partial charge in [-0.15, -0.1) is 0 Å². The number of alkyl halides is 2. The van der Waals surface area contributed by atoms with Gasteiger partial charge >= 0.3 is 12.0 Å². The molecule has 1 aliphatic rings. The van der Waals surface area contributed by atoms with Gasteiger partial charge in [0, 0.05) is 25.1 Å². The van der Waals surface area contributed by atoms with E-state index < -0.39 is 12.0 Å². The number of hydrogen-bond donors (Lipinski definition) is 1. The molecule has 0 atom stereocenters. The van der Waals surface area contributed by atoms with Crippen LogP contribution in [0.4, 0.5) is 19.3 Å². The van der Waals surface area contributed by atoms with Crippen LogP contribution in [0.15, 0.2) is 30.5 Å². The number of hydrogen-bond acceptors (Lipinski definition) is 3. The summed E-state index contributed by atoms with van der Waals surface area (Å²) in [6.45, 7) is 8.67. The van der Waals surface area contributed by atoms with E-state index in [1.807, 2.05) is 0 Å². The molecule has 8 heteroatoms. The zero-order valence-electron chi connectivity index (χ0n) is 14.2. The molecule has 3 rings (SSSR count). The van der Waals surface area contributed by atoms with Gasteiger partial charge in [-0.05, 0) is 31.9 Å². The van der Waals surface area contributed by atoms with E-state index in [2.05, 4.69) is 15.1 Å². The van der Waals surface area contributed by atoms with E-state index in [9.17, 15) is 13.6 Å². The van der Waals surface area contributed by atoms with Gasteiger partial charge in [-0.3, -0.25) is 0 Å². The van der Waals surface area contributed by atoms with E-state index in [0.717, 1.165) is 0 Å². The fraction of sp³-hybridized carbons (Fsp3) is 0.389. The van der Waals surface area contributed by atoms with E-state index in [1.54, 1.807) is 31.2 Å². The Balaban J connectivity index is 1.70. The molecule has 26 heavy (non-hydrogen) atoms. The van der Waals surface area contributed by atoms with E-state index in [-0.39, 0.29) is 37.7 Å². The van der Waals surface area contributed by atoms with Gasteiger partial charge in [0.2, 0.25) is 5.92 Å². The lowest BCUT2D eigenvalue weighted by molar-refractivity contribution is -0.0395. The number of aromatic nitrogens is 2. The third-order valence-electron chi connectivity index (χ3n) is 4.23. The van der Waals surface area contributed by atoms with Gasteiger partial charge in [0.05, 0.1) is 12.3 Å². The lowest BCUT2D eigenvalue weighted by atomic mass is 9.92. The van der Waals surface area contributed by atoms with Crippen LogP contribution in [-0.2, 0) is 0 Å². The smallest absolute Gasteiger partial charge is 0.329 e. The van der Waals surface area contributed by atoms with Crippen LogP contribution in [0.1, 0.15) is 31.4 Å². The van der Waals surface area contributed by atoms with Gasteiger partial charge in [-0.25, -0.2) is 23.0 Å². The number of ether oxygens (including phenoxy) is 1. The summed E-state index contributed by atoms with van der Waals surface area (Å²) < 4.78 is 33.3. The molecule has 1 aliphatic carbocycles. The van der Waals surface area contributed by atoms with Crippen molar-refractivity contribution in [2.24, 2.45) is 0 Å². The predicted molar refractivity (Wildman–Crippen MR) is 90.9 cm³/mol. The van der Waals surface area contributed by atoms with Gasteiger partial charge in [0.1, 0.15) is 5.75 Å². The van der Waals surface area contributed by atoms with Crippen molar-refractivity contribution in [1.82, 2.24) is 14.9 Å². The lowest BCUT2D eigenvalue weighted by Gasteiger charge is -2.28. The number of nitrogens with one attached hydrogen (secondary N) is 1. The van der Waals surface area contributed by atoms with Crippen LogP contribution in [0.3, 0.4) is 0 Å². The molecule has 1 aromatic carbocycles. The summed E-state index contributed by atoms with van der Waals surface area (Å²) in [5, 5.41) is 2.76. The van der Waals surface area contributed by atoms with Crippen molar-refractivity contribution < 1.29 is 18.3 Å². The van der Waals surface area contributed by atoms with E-state index in [4.69, 9.17) is 11.3 Å². The third-order valence-corrected chi connectivity index (χ3v) is 4.23. The minimum atomic E-state index is -2.64. The summed E-state index contributed by atoms with van der Waals surface area (Å²) in [5.74, 6) is -2.20. The first-order valence-electron chi connectivity index (χ1n) is 8.26. The van der Waals surface area contributed by atoms with Crippen LogP contribution >= 0.6 is 0 Å². The third kappa shape index (κ3) is 4.17. The largest absolute Gasteiger partial charge is 0.425 e. The van der Waals surface area contributed by atoms with Crippen molar-refractivity contribution >= 4 is 11.7 Å². The van der Waals surface area contributed by atoms with E-state index in [0.29, 0.717) is 17.1 Å². The van der Waals surface area contributed by atoms with Crippen molar-refractivity contribution in [2.75, 3.05) is 0 Å². The molecular formula is C18H18F2N4O2. The number of aryl methyl sites for hydroxylation is 1. The molecule has 136 valence electrons. The van der Waals surface area contributed by atoms with Gasteiger partial charge in [0.15, 0.2) is 5.69 Å². The van der Waals surface area contributed by atoms with Crippen LogP contribution in [-0.4, -0.2) is 27.5 Å². The summed E-state index contributed by atoms with van der Waals surface area (Å²) >= 11 is 0. The van der Waals surface area contributed by atoms with Gasteiger partial charge in [-0.2, -0.15) is 4.98 Å². The molecule has 0 saturated heterocycles. The van der Waals surface area contributed by atoms with Crippen LogP contribution in [0, 0.1) is 13.5 Å².